The standard InChI is InChI=1S/C19H26N2O4/c1-24-12-13-25-17-6-4-16(5-7-17)20-18(22)14-8-10-21(11-9-14)19(23)15-2-3-15/h4-7,14-15H,2-3,8-13H2,1H3,(H,20,22). The Morgan fingerprint density at radius 2 is 1.72 bits per heavy atom. The first kappa shape index (κ1) is 17.7. The summed E-state index contributed by atoms with van der Waals surface area (Å²) in [6, 6.07) is 7.35. The highest BCUT2D eigenvalue weighted by atomic mass is 16.5. The van der Waals surface area contributed by atoms with Crippen molar-refractivity contribution in [2.75, 3.05) is 38.7 Å². The van der Waals surface area contributed by atoms with Crippen molar-refractivity contribution in [3.05, 3.63) is 24.3 Å². The van der Waals surface area contributed by atoms with Crippen LogP contribution in [0.5, 0.6) is 5.75 Å². The molecule has 1 N–H and O–H groups in total. The van der Waals surface area contributed by atoms with Gasteiger partial charge in [-0.15, -0.1) is 0 Å². The summed E-state index contributed by atoms with van der Waals surface area (Å²) in [7, 11) is 1.63. The summed E-state index contributed by atoms with van der Waals surface area (Å²) >= 11 is 0. The number of carbonyl (C=O) groups excluding carboxylic acids is 2. The Balaban J connectivity index is 1.43. The fourth-order valence-corrected chi connectivity index (χ4v) is 3.07. The third kappa shape index (κ3) is 4.95. The van der Waals surface area contributed by atoms with E-state index in [9.17, 15) is 9.59 Å². The molecule has 2 amide bonds. The van der Waals surface area contributed by atoms with Crippen LogP contribution in [0.3, 0.4) is 0 Å². The van der Waals surface area contributed by atoms with Crippen LogP contribution >= 0.6 is 0 Å². The average Bonchev–Trinajstić information content (AvgIpc) is 3.48. The molecule has 1 saturated carbocycles. The maximum atomic E-state index is 12.4. The summed E-state index contributed by atoms with van der Waals surface area (Å²) in [5, 5.41) is 2.96. The molecule has 25 heavy (non-hydrogen) atoms. The maximum Gasteiger partial charge on any atom is 0.227 e. The second-order valence-corrected chi connectivity index (χ2v) is 6.73. The largest absolute Gasteiger partial charge is 0.491 e. The second-order valence-electron chi connectivity index (χ2n) is 6.73. The van der Waals surface area contributed by atoms with E-state index in [2.05, 4.69) is 5.32 Å². The van der Waals surface area contributed by atoms with Crippen LogP contribution in [0.25, 0.3) is 0 Å². The molecule has 0 atom stereocenters. The van der Waals surface area contributed by atoms with E-state index in [0.29, 0.717) is 26.3 Å². The van der Waals surface area contributed by atoms with E-state index < -0.39 is 0 Å². The van der Waals surface area contributed by atoms with Gasteiger partial charge in [-0.1, -0.05) is 0 Å². The molecule has 1 aliphatic carbocycles. The molecule has 1 saturated heterocycles. The van der Waals surface area contributed by atoms with Gasteiger partial charge in [-0.05, 0) is 49.9 Å². The number of methoxy groups -OCH3 is 1. The number of hydrogen-bond acceptors (Lipinski definition) is 4. The van der Waals surface area contributed by atoms with E-state index in [4.69, 9.17) is 9.47 Å². The van der Waals surface area contributed by atoms with Crippen molar-refractivity contribution in [2.24, 2.45) is 11.8 Å². The molecule has 0 aromatic heterocycles. The zero-order valence-corrected chi connectivity index (χ0v) is 14.7. The summed E-state index contributed by atoms with van der Waals surface area (Å²) in [4.78, 5) is 26.4. The van der Waals surface area contributed by atoms with Crippen molar-refractivity contribution >= 4 is 17.5 Å². The van der Waals surface area contributed by atoms with E-state index in [-0.39, 0.29) is 23.7 Å². The van der Waals surface area contributed by atoms with E-state index in [0.717, 1.165) is 37.1 Å². The first-order valence-corrected chi connectivity index (χ1v) is 8.99. The lowest BCUT2D eigenvalue weighted by atomic mass is 9.95. The van der Waals surface area contributed by atoms with E-state index in [1.807, 2.05) is 29.2 Å². The molecule has 1 aromatic rings. The lowest BCUT2D eigenvalue weighted by Crippen LogP contribution is -2.42. The molecule has 6 nitrogen and oxygen atoms in total. The molecule has 1 heterocycles. The molecule has 2 aliphatic rings. The summed E-state index contributed by atoms with van der Waals surface area (Å²) in [6.07, 6.45) is 3.54. The Morgan fingerprint density at radius 3 is 2.32 bits per heavy atom. The molecule has 0 spiro atoms. The molecule has 6 heteroatoms. The zero-order chi connectivity index (χ0) is 17.6. The number of hydrogen-bond donors (Lipinski definition) is 1. The van der Waals surface area contributed by atoms with Gasteiger partial charge in [0, 0.05) is 37.7 Å². The highest BCUT2D eigenvalue weighted by molar-refractivity contribution is 5.92. The molecule has 0 unspecified atom stereocenters. The Kier molecular flexibility index (Phi) is 5.91. The van der Waals surface area contributed by atoms with Crippen LogP contribution in [-0.2, 0) is 14.3 Å². The van der Waals surface area contributed by atoms with Gasteiger partial charge >= 0.3 is 0 Å². The van der Waals surface area contributed by atoms with Gasteiger partial charge < -0.3 is 19.7 Å². The van der Waals surface area contributed by atoms with Crippen molar-refractivity contribution in [1.29, 1.82) is 0 Å². The number of nitrogens with one attached hydrogen (secondary N) is 1. The third-order valence-corrected chi connectivity index (χ3v) is 4.78. The normalized spacial score (nSPS) is 18.0. The van der Waals surface area contributed by atoms with Gasteiger partial charge in [0.1, 0.15) is 12.4 Å². The molecule has 1 aromatic carbocycles. The van der Waals surface area contributed by atoms with Gasteiger partial charge in [-0.25, -0.2) is 0 Å². The molecule has 2 fully saturated rings. The van der Waals surface area contributed by atoms with Gasteiger partial charge in [0.2, 0.25) is 11.8 Å². The number of nitrogens with zero attached hydrogens (tertiary/aromatic N) is 1. The molecular formula is C19H26N2O4. The minimum atomic E-state index is -0.0270. The van der Waals surface area contributed by atoms with Crippen LogP contribution in [0.1, 0.15) is 25.7 Å². The summed E-state index contributed by atoms with van der Waals surface area (Å²) in [6.45, 7) is 2.43. The Bertz CT molecular complexity index is 590. The lowest BCUT2D eigenvalue weighted by molar-refractivity contribution is -0.135. The minimum Gasteiger partial charge on any atom is -0.491 e. The van der Waals surface area contributed by atoms with E-state index >= 15 is 0 Å². The van der Waals surface area contributed by atoms with E-state index in [1.165, 1.54) is 0 Å². The molecule has 1 aliphatic heterocycles. The van der Waals surface area contributed by atoms with Crippen LogP contribution in [0.15, 0.2) is 24.3 Å². The number of amides is 2. The average molecular weight is 346 g/mol. The van der Waals surface area contributed by atoms with Crippen LogP contribution in [-0.4, -0.2) is 50.1 Å². The summed E-state index contributed by atoms with van der Waals surface area (Å²) < 4.78 is 10.4. The number of ether oxygens (including phenoxy) is 2. The van der Waals surface area contributed by atoms with Crippen LogP contribution in [0.2, 0.25) is 0 Å². The third-order valence-electron chi connectivity index (χ3n) is 4.78. The molecule has 136 valence electrons. The van der Waals surface area contributed by atoms with Gasteiger partial charge in [0.25, 0.3) is 0 Å². The summed E-state index contributed by atoms with van der Waals surface area (Å²) in [5.41, 5.74) is 0.764. The van der Waals surface area contributed by atoms with Crippen molar-refractivity contribution in [3.8, 4) is 5.75 Å². The minimum absolute atomic E-state index is 0.0270. The zero-order valence-electron chi connectivity index (χ0n) is 14.7. The maximum absolute atomic E-state index is 12.4. The number of benzene rings is 1. The Labute approximate surface area is 148 Å². The number of rotatable bonds is 7. The highest BCUT2D eigenvalue weighted by Crippen LogP contribution is 2.32. The SMILES string of the molecule is COCCOc1ccc(NC(=O)C2CCN(C(=O)C3CC3)CC2)cc1. The number of anilines is 1. The van der Waals surface area contributed by atoms with Crippen molar-refractivity contribution in [1.82, 2.24) is 4.90 Å². The predicted octanol–water partition coefficient (Wildman–Crippen LogP) is 2.30. The monoisotopic (exact) mass is 346 g/mol. The fraction of sp³-hybridized carbons (Fsp3) is 0.579. The van der Waals surface area contributed by atoms with Crippen molar-refractivity contribution in [3.63, 3.8) is 0 Å². The lowest BCUT2D eigenvalue weighted by Gasteiger charge is -2.31. The summed E-state index contributed by atoms with van der Waals surface area (Å²) in [5.74, 6) is 1.30. The predicted molar refractivity (Wildman–Crippen MR) is 94.5 cm³/mol. The van der Waals surface area contributed by atoms with Gasteiger partial charge in [-0.2, -0.15) is 0 Å². The quantitative estimate of drug-likeness (QED) is 0.769. The smallest absolute Gasteiger partial charge is 0.227 e. The van der Waals surface area contributed by atoms with Crippen LogP contribution in [0, 0.1) is 11.8 Å². The molecule has 0 bridgehead atoms. The topological polar surface area (TPSA) is 67.9 Å². The first-order chi connectivity index (χ1) is 12.2. The second kappa shape index (κ2) is 8.34. The number of likely N-dealkylation sites (tertiary alicyclic amines) is 1. The molecule has 3 rings (SSSR count). The van der Waals surface area contributed by atoms with Crippen LogP contribution in [0.4, 0.5) is 5.69 Å². The van der Waals surface area contributed by atoms with Gasteiger partial charge in [0.15, 0.2) is 0 Å². The van der Waals surface area contributed by atoms with E-state index in [1.54, 1.807) is 7.11 Å². The van der Waals surface area contributed by atoms with Crippen LogP contribution < -0.4 is 10.1 Å². The molecular weight excluding hydrogens is 320 g/mol. The fourth-order valence-electron chi connectivity index (χ4n) is 3.07. The van der Waals surface area contributed by atoms with Gasteiger partial charge in [0.05, 0.1) is 6.61 Å². The Morgan fingerprint density at radius 1 is 1.04 bits per heavy atom. The Hall–Kier alpha value is -2.08. The van der Waals surface area contributed by atoms with Gasteiger partial charge in [-0.3, -0.25) is 9.59 Å². The highest BCUT2D eigenvalue weighted by Gasteiger charge is 2.35. The number of piperidine rings is 1. The van der Waals surface area contributed by atoms with Crippen molar-refractivity contribution < 1.29 is 19.1 Å². The molecule has 0 radical (unpaired) electrons. The number of carbonyl (C=O) groups is 2. The van der Waals surface area contributed by atoms with Crippen molar-refractivity contribution in [2.45, 2.75) is 25.7 Å². The first-order valence-electron chi connectivity index (χ1n) is 8.99.